The molecule has 0 atom stereocenters. The molecule has 8 heavy (non-hydrogen) atoms. The minimum atomic E-state index is -2.15. The molecule has 0 aromatic rings. The number of rotatable bonds is 1. The fourth-order valence-electron chi connectivity index (χ4n) is 0.491. The third-order valence-corrected chi connectivity index (χ3v) is 1.12. The van der Waals surface area contributed by atoms with Gasteiger partial charge in [0.25, 0.3) is 0 Å². The molecule has 0 heterocycles. The van der Waals surface area contributed by atoms with Crippen molar-refractivity contribution in [3.05, 3.63) is 11.9 Å². The van der Waals surface area contributed by atoms with E-state index < -0.39 is 17.8 Å². The molecule has 1 rings (SSSR count). The number of allylic oxidation sites excluding steroid dienone is 1. The van der Waals surface area contributed by atoms with Crippen LogP contribution in [0, 0.1) is 5.92 Å². The molecule has 0 spiro atoms. The van der Waals surface area contributed by atoms with Gasteiger partial charge in [0.05, 0.1) is 0 Å². The van der Waals surface area contributed by atoms with Gasteiger partial charge in [0.1, 0.15) is 0 Å². The van der Waals surface area contributed by atoms with E-state index in [-0.39, 0.29) is 0 Å². The second-order valence-electron chi connectivity index (χ2n) is 1.88. The zero-order valence-corrected chi connectivity index (χ0v) is 4.13. The van der Waals surface area contributed by atoms with E-state index in [1.807, 2.05) is 0 Å². The van der Waals surface area contributed by atoms with Gasteiger partial charge < -0.3 is 0 Å². The van der Waals surface area contributed by atoms with Crippen LogP contribution in [0.1, 0.15) is 12.8 Å². The van der Waals surface area contributed by atoms with Gasteiger partial charge in [-0.2, -0.15) is 8.78 Å². The maximum absolute atomic E-state index is 11.8. The first-order valence-electron chi connectivity index (χ1n) is 2.42. The summed E-state index contributed by atoms with van der Waals surface area (Å²) in [5.74, 6) is -1.65. The summed E-state index contributed by atoms with van der Waals surface area (Å²) in [6, 6.07) is 0. The lowest BCUT2D eigenvalue weighted by Crippen LogP contribution is -1.75. The highest BCUT2D eigenvalue weighted by Gasteiger charge is 2.29. The summed E-state index contributed by atoms with van der Waals surface area (Å²) in [6.45, 7) is 0. The molecule has 0 saturated heterocycles. The molecule has 0 aromatic heterocycles. The van der Waals surface area contributed by atoms with Crippen molar-refractivity contribution in [1.29, 1.82) is 0 Å². The van der Waals surface area contributed by atoms with Crippen LogP contribution in [0.4, 0.5) is 13.2 Å². The molecule has 0 nitrogen and oxygen atoms in total. The Morgan fingerprint density at radius 3 is 1.75 bits per heavy atom. The third kappa shape index (κ3) is 1.02. The molecule has 3 heteroatoms. The molecule has 0 aromatic carbocycles. The SMILES string of the molecule is FC(F)=C(F)C1CC1. The minimum Gasteiger partial charge on any atom is -0.206 e. The average molecular weight is 122 g/mol. The summed E-state index contributed by atoms with van der Waals surface area (Å²) in [4.78, 5) is 0. The Balaban J connectivity index is 2.54. The Morgan fingerprint density at radius 2 is 1.62 bits per heavy atom. The van der Waals surface area contributed by atoms with Crippen LogP contribution in [0.25, 0.3) is 0 Å². The molecular formula is C5H5F3. The molecule has 1 aliphatic carbocycles. The largest absolute Gasteiger partial charge is 0.301 e. The van der Waals surface area contributed by atoms with Gasteiger partial charge >= 0.3 is 6.08 Å². The van der Waals surface area contributed by atoms with E-state index in [9.17, 15) is 13.2 Å². The molecule has 46 valence electrons. The van der Waals surface area contributed by atoms with Gasteiger partial charge in [0.15, 0.2) is 5.83 Å². The van der Waals surface area contributed by atoms with Crippen molar-refractivity contribution >= 4 is 0 Å². The van der Waals surface area contributed by atoms with E-state index in [2.05, 4.69) is 0 Å². The predicted octanol–water partition coefficient (Wildman–Crippen LogP) is 2.47. The lowest BCUT2D eigenvalue weighted by atomic mass is 10.4. The second-order valence-corrected chi connectivity index (χ2v) is 1.88. The zero-order valence-electron chi connectivity index (χ0n) is 4.13. The van der Waals surface area contributed by atoms with Crippen molar-refractivity contribution < 1.29 is 13.2 Å². The van der Waals surface area contributed by atoms with E-state index in [1.54, 1.807) is 0 Å². The first-order valence-corrected chi connectivity index (χ1v) is 2.42. The molecule has 0 unspecified atom stereocenters. The summed E-state index contributed by atoms with van der Waals surface area (Å²) in [7, 11) is 0. The van der Waals surface area contributed by atoms with E-state index in [0.717, 1.165) is 0 Å². The van der Waals surface area contributed by atoms with Crippen molar-refractivity contribution in [2.45, 2.75) is 12.8 Å². The number of halogens is 3. The van der Waals surface area contributed by atoms with Crippen LogP contribution in [0.15, 0.2) is 11.9 Å². The summed E-state index contributed by atoms with van der Waals surface area (Å²) in [5, 5.41) is 0. The molecule has 1 saturated carbocycles. The Hall–Kier alpha value is -0.470. The van der Waals surface area contributed by atoms with Gasteiger partial charge in [-0.05, 0) is 12.8 Å². The minimum absolute atomic E-state index is 0.444. The predicted molar refractivity (Wildman–Crippen MR) is 23.1 cm³/mol. The molecule has 0 aliphatic heterocycles. The first kappa shape index (κ1) is 5.66. The standard InChI is InChI=1S/C5H5F3/c6-4(5(7)8)3-1-2-3/h3H,1-2H2. The second kappa shape index (κ2) is 1.80. The normalized spacial score (nSPS) is 18.4. The van der Waals surface area contributed by atoms with Crippen LogP contribution in [-0.4, -0.2) is 0 Å². The van der Waals surface area contributed by atoms with Gasteiger partial charge in [-0.25, -0.2) is 4.39 Å². The van der Waals surface area contributed by atoms with Crippen LogP contribution in [0.3, 0.4) is 0 Å². The van der Waals surface area contributed by atoms with Crippen LogP contribution >= 0.6 is 0 Å². The fraction of sp³-hybridized carbons (Fsp3) is 0.600. The van der Waals surface area contributed by atoms with Crippen LogP contribution in [0.2, 0.25) is 0 Å². The number of hydrogen-bond donors (Lipinski definition) is 0. The summed E-state index contributed by atoms with van der Waals surface area (Å²) >= 11 is 0. The van der Waals surface area contributed by atoms with Crippen LogP contribution in [-0.2, 0) is 0 Å². The highest BCUT2D eigenvalue weighted by molar-refractivity contribution is 5.04. The Morgan fingerprint density at radius 1 is 1.12 bits per heavy atom. The molecule has 0 bridgehead atoms. The van der Waals surface area contributed by atoms with Gasteiger partial charge in [-0.15, -0.1) is 0 Å². The Bertz CT molecular complexity index is 120. The maximum Gasteiger partial charge on any atom is 0.301 e. The molecule has 0 radical (unpaired) electrons. The lowest BCUT2D eigenvalue weighted by Gasteiger charge is -1.84. The topological polar surface area (TPSA) is 0 Å². The van der Waals surface area contributed by atoms with Gasteiger partial charge in [-0.3, -0.25) is 0 Å². The van der Waals surface area contributed by atoms with Crippen LogP contribution < -0.4 is 0 Å². The van der Waals surface area contributed by atoms with E-state index in [4.69, 9.17) is 0 Å². The van der Waals surface area contributed by atoms with Gasteiger partial charge in [0.2, 0.25) is 0 Å². The van der Waals surface area contributed by atoms with E-state index in [1.165, 1.54) is 0 Å². The van der Waals surface area contributed by atoms with Crippen LogP contribution in [0.5, 0.6) is 0 Å². The number of hydrogen-bond acceptors (Lipinski definition) is 0. The smallest absolute Gasteiger partial charge is 0.206 e. The van der Waals surface area contributed by atoms with Crippen molar-refractivity contribution in [3.8, 4) is 0 Å². The molecule has 1 fully saturated rings. The molecular weight excluding hydrogens is 117 g/mol. The lowest BCUT2D eigenvalue weighted by molar-refractivity contribution is 0.366. The molecule has 0 amide bonds. The van der Waals surface area contributed by atoms with Crippen molar-refractivity contribution in [2.24, 2.45) is 5.92 Å². The highest BCUT2D eigenvalue weighted by Crippen LogP contribution is 2.39. The van der Waals surface area contributed by atoms with Crippen molar-refractivity contribution in [3.63, 3.8) is 0 Å². The maximum atomic E-state index is 11.8. The monoisotopic (exact) mass is 122 g/mol. The zero-order chi connectivity index (χ0) is 6.15. The molecule has 0 N–H and O–H groups in total. The van der Waals surface area contributed by atoms with Crippen molar-refractivity contribution in [2.75, 3.05) is 0 Å². The quantitative estimate of drug-likeness (QED) is 0.501. The first-order chi connectivity index (χ1) is 3.72. The summed E-state index contributed by atoms with van der Waals surface area (Å²) < 4.78 is 34.3. The fourth-order valence-corrected chi connectivity index (χ4v) is 0.491. The molecule has 1 aliphatic rings. The van der Waals surface area contributed by atoms with E-state index >= 15 is 0 Å². The average Bonchev–Trinajstić information content (AvgIpc) is 2.43. The van der Waals surface area contributed by atoms with Gasteiger partial charge in [0, 0.05) is 5.92 Å². The third-order valence-electron chi connectivity index (χ3n) is 1.12. The van der Waals surface area contributed by atoms with Gasteiger partial charge in [-0.1, -0.05) is 0 Å². The Labute approximate surface area is 45.0 Å². The van der Waals surface area contributed by atoms with Crippen molar-refractivity contribution in [1.82, 2.24) is 0 Å². The van der Waals surface area contributed by atoms with E-state index in [0.29, 0.717) is 12.8 Å². The summed E-state index contributed by atoms with van der Waals surface area (Å²) in [5.41, 5.74) is 0. The highest BCUT2D eigenvalue weighted by atomic mass is 19.3. The Kier molecular flexibility index (Phi) is 1.27. The summed E-state index contributed by atoms with van der Waals surface area (Å²) in [6.07, 6.45) is -0.973.